The Bertz CT molecular complexity index is 801. The van der Waals surface area contributed by atoms with Crippen molar-refractivity contribution in [2.24, 2.45) is 10.9 Å². The van der Waals surface area contributed by atoms with E-state index in [2.05, 4.69) is 22.5 Å². The maximum Gasteiger partial charge on any atom is 0.213 e. The first-order valence-corrected chi connectivity index (χ1v) is 11.6. The van der Waals surface area contributed by atoms with Gasteiger partial charge in [0.1, 0.15) is 6.61 Å². The van der Waals surface area contributed by atoms with Gasteiger partial charge in [0.2, 0.25) is 5.88 Å². The molecule has 182 valence electrons. The van der Waals surface area contributed by atoms with E-state index in [1.807, 2.05) is 42.5 Å². The number of pyridine rings is 1. The van der Waals surface area contributed by atoms with Crippen LogP contribution in [-0.2, 0) is 22.6 Å². The summed E-state index contributed by atoms with van der Waals surface area (Å²) in [6.45, 7) is 8.10. The van der Waals surface area contributed by atoms with Crippen LogP contribution in [0.25, 0.3) is 0 Å². The molecule has 0 bridgehead atoms. The molecule has 2 N–H and O–H groups in total. The van der Waals surface area contributed by atoms with Crippen molar-refractivity contribution < 1.29 is 14.2 Å². The second-order valence-electron chi connectivity index (χ2n) is 7.88. The van der Waals surface area contributed by atoms with Gasteiger partial charge < -0.3 is 24.8 Å². The number of nitrogens with one attached hydrogen (secondary N) is 2. The summed E-state index contributed by atoms with van der Waals surface area (Å²) < 4.78 is 17.0. The van der Waals surface area contributed by atoms with Crippen molar-refractivity contribution in [3.63, 3.8) is 0 Å². The van der Waals surface area contributed by atoms with Gasteiger partial charge in [0.05, 0.1) is 6.54 Å². The number of aromatic nitrogens is 1. The Kier molecular flexibility index (Phi) is 13.8. The lowest BCUT2D eigenvalue weighted by atomic mass is 10.0. The molecule has 0 radical (unpaired) electrons. The molecule has 1 fully saturated rings. The zero-order valence-electron chi connectivity index (χ0n) is 19.5. The zero-order valence-corrected chi connectivity index (χ0v) is 21.8. The fourth-order valence-electron chi connectivity index (χ4n) is 3.42. The van der Waals surface area contributed by atoms with E-state index in [9.17, 15) is 0 Å². The van der Waals surface area contributed by atoms with Gasteiger partial charge in [-0.3, -0.25) is 0 Å². The molecule has 0 spiro atoms. The number of ether oxygens (including phenoxy) is 3. The van der Waals surface area contributed by atoms with Crippen molar-refractivity contribution in [2.45, 2.75) is 39.3 Å². The van der Waals surface area contributed by atoms with Crippen molar-refractivity contribution in [1.82, 2.24) is 15.6 Å². The predicted octanol–water partition coefficient (Wildman–Crippen LogP) is 4.17. The first-order chi connectivity index (χ1) is 15.8. The third-order valence-electron chi connectivity index (χ3n) is 5.25. The number of hydrogen-bond donors (Lipinski definition) is 2. The Morgan fingerprint density at radius 3 is 2.73 bits per heavy atom. The van der Waals surface area contributed by atoms with Crippen molar-refractivity contribution in [2.75, 3.05) is 39.5 Å². The Morgan fingerprint density at radius 1 is 1.12 bits per heavy atom. The highest BCUT2D eigenvalue weighted by atomic mass is 127. The molecule has 1 aliphatic rings. The maximum absolute atomic E-state index is 5.84. The van der Waals surface area contributed by atoms with E-state index in [1.54, 1.807) is 6.20 Å². The molecule has 2 aromatic rings. The van der Waals surface area contributed by atoms with E-state index in [-0.39, 0.29) is 24.0 Å². The van der Waals surface area contributed by atoms with Crippen LogP contribution in [-0.4, -0.2) is 50.5 Å². The third kappa shape index (κ3) is 11.2. The van der Waals surface area contributed by atoms with Crippen molar-refractivity contribution >= 4 is 29.9 Å². The van der Waals surface area contributed by atoms with Crippen LogP contribution in [0.3, 0.4) is 0 Å². The minimum atomic E-state index is 0. The fraction of sp³-hybridized carbons (Fsp3) is 0.520. The number of nitrogens with zero attached hydrogens (tertiary/aromatic N) is 2. The Hall–Kier alpha value is -1.91. The van der Waals surface area contributed by atoms with Gasteiger partial charge in [-0.25, -0.2) is 9.98 Å². The first kappa shape index (κ1) is 27.3. The van der Waals surface area contributed by atoms with Crippen LogP contribution in [0.2, 0.25) is 0 Å². The SMILES string of the molecule is CCNC(=NCc1ccnc(OCc2ccccc2)c1)NCCCOCC1CCOCC1.I. The molecule has 1 aromatic carbocycles. The normalized spacial score (nSPS) is 14.4. The lowest BCUT2D eigenvalue weighted by Gasteiger charge is -2.21. The Morgan fingerprint density at radius 2 is 1.94 bits per heavy atom. The number of halogens is 1. The van der Waals surface area contributed by atoms with Gasteiger partial charge in [-0.05, 0) is 49.3 Å². The topological polar surface area (TPSA) is 77.0 Å². The average Bonchev–Trinajstić information content (AvgIpc) is 2.85. The van der Waals surface area contributed by atoms with Crippen molar-refractivity contribution in [1.29, 1.82) is 0 Å². The van der Waals surface area contributed by atoms with Crippen molar-refractivity contribution in [3.8, 4) is 5.88 Å². The molecule has 0 aliphatic carbocycles. The molecule has 0 unspecified atom stereocenters. The third-order valence-corrected chi connectivity index (χ3v) is 5.25. The summed E-state index contributed by atoms with van der Waals surface area (Å²) in [6, 6.07) is 14.0. The van der Waals surface area contributed by atoms with E-state index in [1.165, 1.54) is 0 Å². The van der Waals surface area contributed by atoms with Gasteiger partial charge in [-0.2, -0.15) is 0 Å². The molecule has 0 amide bonds. The molecular weight excluding hydrogens is 531 g/mol. The van der Waals surface area contributed by atoms with Crippen LogP contribution in [0.15, 0.2) is 53.7 Å². The standard InChI is InChI=1S/C25H36N4O3.HI/c1-2-26-25(28-12-6-14-31-19-22-10-15-30-16-11-22)29-18-23-9-13-27-24(17-23)32-20-21-7-4-3-5-8-21;/h3-5,7-9,13,17,22H,2,6,10-12,14-16,18-20H2,1H3,(H2,26,28,29);1H. The van der Waals surface area contributed by atoms with Gasteiger partial charge in [-0.15, -0.1) is 24.0 Å². The van der Waals surface area contributed by atoms with Crippen LogP contribution < -0.4 is 15.4 Å². The number of hydrogen-bond acceptors (Lipinski definition) is 5. The van der Waals surface area contributed by atoms with Crippen LogP contribution in [0.5, 0.6) is 5.88 Å². The molecule has 8 heteroatoms. The molecule has 1 saturated heterocycles. The molecule has 7 nitrogen and oxygen atoms in total. The minimum absolute atomic E-state index is 0. The van der Waals surface area contributed by atoms with Gasteiger partial charge >= 0.3 is 0 Å². The minimum Gasteiger partial charge on any atom is -0.473 e. The van der Waals surface area contributed by atoms with Gasteiger partial charge in [-0.1, -0.05) is 30.3 Å². The highest BCUT2D eigenvalue weighted by molar-refractivity contribution is 14.0. The van der Waals surface area contributed by atoms with Crippen molar-refractivity contribution in [3.05, 3.63) is 59.8 Å². The quantitative estimate of drug-likeness (QED) is 0.173. The highest BCUT2D eigenvalue weighted by Gasteiger charge is 2.13. The lowest BCUT2D eigenvalue weighted by Crippen LogP contribution is -2.38. The van der Waals surface area contributed by atoms with Gasteiger partial charge in [0.15, 0.2) is 5.96 Å². The predicted molar refractivity (Wildman–Crippen MR) is 142 cm³/mol. The lowest BCUT2D eigenvalue weighted by molar-refractivity contribution is 0.0203. The van der Waals surface area contributed by atoms with Gasteiger partial charge in [0, 0.05) is 51.8 Å². The Balaban J connectivity index is 0.00000385. The molecule has 0 atom stereocenters. The van der Waals surface area contributed by atoms with E-state index in [0.717, 1.165) is 75.9 Å². The summed E-state index contributed by atoms with van der Waals surface area (Å²) in [7, 11) is 0. The van der Waals surface area contributed by atoms with Crippen LogP contribution in [0.1, 0.15) is 37.3 Å². The molecule has 3 rings (SSSR count). The van der Waals surface area contributed by atoms with Crippen LogP contribution in [0.4, 0.5) is 0 Å². The molecule has 2 heterocycles. The zero-order chi connectivity index (χ0) is 22.3. The number of guanidine groups is 1. The fourth-order valence-corrected chi connectivity index (χ4v) is 3.42. The summed E-state index contributed by atoms with van der Waals surface area (Å²) >= 11 is 0. The maximum atomic E-state index is 5.84. The number of rotatable bonds is 12. The number of aliphatic imine (C=N–C) groups is 1. The van der Waals surface area contributed by atoms with E-state index in [0.29, 0.717) is 24.9 Å². The molecule has 0 saturated carbocycles. The molecular formula is C25H37IN4O3. The largest absolute Gasteiger partial charge is 0.473 e. The van der Waals surface area contributed by atoms with Crippen LogP contribution in [0, 0.1) is 5.92 Å². The van der Waals surface area contributed by atoms with E-state index >= 15 is 0 Å². The highest BCUT2D eigenvalue weighted by Crippen LogP contribution is 2.15. The summed E-state index contributed by atoms with van der Waals surface area (Å²) in [6.07, 6.45) is 4.94. The average molecular weight is 569 g/mol. The molecule has 1 aliphatic heterocycles. The molecule has 33 heavy (non-hydrogen) atoms. The molecule has 1 aromatic heterocycles. The first-order valence-electron chi connectivity index (χ1n) is 11.6. The van der Waals surface area contributed by atoms with Crippen LogP contribution >= 0.6 is 24.0 Å². The monoisotopic (exact) mass is 568 g/mol. The Labute approximate surface area is 214 Å². The second-order valence-corrected chi connectivity index (χ2v) is 7.88. The summed E-state index contributed by atoms with van der Waals surface area (Å²) in [5.74, 6) is 2.07. The second kappa shape index (κ2) is 16.7. The van der Waals surface area contributed by atoms with E-state index < -0.39 is 0 Å². The smallest absolute Gasteiger partial charge is 0.213 e. The summed E-state index contributed by atoms with van der Waals surface area (Å²) in [4.78, 5) is 9.00. The summed E-state index contributed by atoms with van der Waals surface area (Å²) in [5, 5.41) is 6.68. The number of benzene rings is 1. The van der Waals surface area contributed by atoms with Gasteiger partial charge in [0.25, 0.3) is 0 Å². The summed E-state index contributed by atoms with van der Waals surface area (Å²) in [5.41, 5.74) is 2.17. The van der Waals surface area contributed by atoms with E-state index in [4.69, 9.17) is 19.2 Å².